The van der Waals surface area contributed by atoms with Crippen LogP contribution in [0.25, 0.3) is 0 Å². The van der Waals surface area contributed by atoms with Gasteiger partial charge < -0.3 is 9.80 Å². The summed E-state index contributed by atoms with van der Waals surface area (Å²) in [5.41, 5.74) is 1.24. The molecule has 4 rings (SSSR count). The highest BCUT2D eigenvalue weighted by Crippen LogP contribution is 2.42. The Bertz CT molecular complexity index is 490. The van der Waals surface area contributed by atoms with Crippen molar-refractivity contribution in [1.29, 1.82) is 0 Å². The zero-order valence-electron chi connectivity index (χ0n) is 12.8. The van der Waals surface area contributed by atoms with Crippen molar-refractivity contribution in [2.45, 2.75) is 19.4 Å². The van der Waals surface area contributed by atoms with Crippen LogP contribution in [0.1, 0.15) is 18.5 Å². The molecule has 2 fully saturated rings. The van der Waals surface area contributed by atoms with Crippen molar-refractivity contribution in [1.82, 2.24) is 4.98 Å². The lowest BCUT2D eigenvalue weighted by molar-refractivity contribution is -1.02. The highest BCUT2D eigenvalue weighted by Gasteiger charge is 2.38. The topological polar surface area (TPSA) is 21.8 Å². The van der Waals surface area contributed by atoms with Gasteiger partial charge in [-0.05, 0) is 36.8 Å². The maximum Gasteiger partial charge on any atom is 0.127 e. The molecule has 3 aliphatic rings. The van der Waals surface area contributed by atoms with Gasteiger partial charge in [-0.1, -0.05) is 18.2 Å². The monoisotopic (exact) mass is 285 g/mol. The van der Waals surface area contributed by atoms with E-state index in [1.54, 1.807) is 4.90 Å². The summed E-state index contributed by atoms with van der Waals surface area (Å²) in [5.74, 6) is 2.82. The molecule has 3 heteroatoms. The number of aromatic nitrogens is 1. The van der Waals surface area contributed by atoms with Crippen molar-refractivity contribution in [2.75, 3.05) is 32.7 Å². The molecule has 1 aliphatic heterocycles. The summed E-state index contributed by atoms with van der Waals surface area (Å²) in [7, 11) is 0. The number of nitrogens with zero attached hydrogens (tertiary/aromatic N) is 1. The minimum Gasteiger partial charge on any atom is -0.325 e. The van der Waals surface area contributed by atoms with E-state index in [-0.39, 0.29) is 0 Å². The van der Waals surface area contributed by atoms with E-state index in [4.69, 9.17) is 0 Å². The molecule has 0 amide bonds. The highest BCUT2D eigenvalue weighted by atomic mass is 15.3. The van der Waals surface area contributed by atoms with Crippen molar-refractivity contribution >= 4 is 0 Å². The van der Waals surface area contributed by atoms with Gasteiger partial charge in [0.25, 0.3) is 0 Å². The lowest BCUT2D eigenvalue weighted by Gasteiger charge is -2.32. The summed E-state index contributed by atoms with van der Waals surface area (Å²) in [6.07, 6.45) is 9.80. The Kier molecular flexibility index (Phi) is 3.78. The molecule has 2 bridgehead atoms. The van der Waals surface area contributed by atoms with E-state index in [0.717, 1.165) is 24.3 Å². The summed E-state index contributed by atoms with van der Waals surface area (Å²) < 4.78 is 0. The Balaban J connectivity index is 1.24. The number of allylic oxidation sites excluding steroid dienone is 2. The second-order valence-corrected chi connectivity index (χ2v) is 7.24. The van der Waals surface area contributed by atoms with Crippen molar-refractivity contribution in [3.63, 3.8) is 0 Å². The first-order valence-corrected chi connectivity index (χ1v) is 8.62. The van der Waals surface area contributed by atoms with Crippen molar-refractivity contribution < 1.29 is 9.80 Å². The maximum absolute atomic E-state index is 4.47. The molecular formula is C18H27N3+2. The molecule has 0 unspecified atom stereocenters. The second-order valence-electron chi connectivity index (χ2n) is 7.24. The van der Waals surface area contributed by atoms with Gasteiger partial charge in [0.2, 0.25) is 0 Å². The van der Waals surface area contributed by atoms with Crippen LogP contribution in [-0.2, 0) is 6.54 Å². The Morgan fingerprint density at radius 3 is 2.52 bits per heavy atom. The predicted octanol–water partition coefficient (Wildman–Crippen LogP) is -0.423. The minimum absolute atomic E-state index is 0.918. The van der Waals surface area contributed by atoms with E-state index >= 15 is 0 Å². The molecule has 1 saturated carbocycles. The smallest absolute Gasteiger partial charge is 0.127 e. The normalized spacial score (nSPS) is 38.0. The Labute approximate surface area is 127 Å². The lowest BCUT2D eigenvalue weighted by Crippen LogP contribution is -3.27. The number of rotatable bonds is 4. The van der Waals surface area contributed by atoms with Crippen LogP contribution in [0.15, 0.2) is 36.5 Å². The average Bonchev–Trinajstić information content (AvgIpc) is 3.13. The number of hydrogen-bond acceptors (Lipinski definition) is 1. The number of piperazine rings is 1. The molecule has 0 aromatic carbocycles. The molecule has 2 N–H and O–H groups in total. The van der Waals surface area contributed by atoms with Gasteiger partial charge in [0.05, 0.1) is 12.2 Å². The molecule has 21 heavy (non-hydrogen) atoms. The standard InChI is InChI=1S/C18H25N3/c1-2-6-19-18(3-1)14-21-9-7-20(8-10-21)13-17-12-15-4-5-16(17)11-15/h1-6,15-17H,7-14H2/p+2/t15-,16+,17-/m1/s1. The summed E-state index contributed by atoms with van der Waals surface area (Å²) in [6.45, 7) is 7.83. The third kappa shape index (κ3) is 3.04. The SMILES string of the molecule is C1=C[C@H]2C[C@@H]1C[C@@H]2C[NH+]1CC[NH+](Cc2ccccn2)CC1. The zero-order valence-corrected chi connectivity index (χ0v) is 12.8. The fourth-order valence-electron chi connectivity index (χ4n) is 4.60. The van der Waals surface area contributed by atoms with Gasteiger partial charge in [0, 0.05) is 12.1 Å². The molecule has 1 saturated heterocycles. The van der Waals surface area contributed by atoms with Gasteiger partial charge in [-0.2, -0.15) is 0 Å². The third-order valence-corrected chi connectivity index (χ3v) is 5.79. The maximum atomic E-state index is 4.47. The first kappa shape index (κ1) is 13.5. The number of nitrogens with one attached hydrogen (secondary N) is 2. The quantitative estimate of drug-likeness (QED) is 0.721. The highest BCUT2D eigenvalue weighted by molar-refractivity contribution is 5.09. The first-order valence-electron chi connectivity index (χ1n) is 8.62. The Morgan fingerprint density at radius 2 is 1.86 bits per heavy atom. The summed E-state index contributed by atoms with van der Waals surface area (Å²) in [4.78, 5) is 8.03. The first-order chi connectivity index (χ1) is 10.4. The van der Waals surface area contributed by atoms with Crippen molar-refractivity contribution in [3.05, 3.63) is 42.2 Å². The molecule has 3 atom stereocenters. The van der Waals surface area contributed by atoms with Crippen LogP contribution in [0.4, 0.5) is 0 Å². The molecule has 2 heterocycles. The van der Waals surface area contributed by atoms with Gasteiger partial charge in [-0.3, -0.25) is 4.98 Å². The predicted molar refractivity (Wildman–Crippen MR) is 83.0 cm³/mol. The fourth-order valence-corrected chi connectivity index (χ4v) is 4.60. The van der Waals surface area contributed by atoms with Crippen LogP contribution in [-0.4, -0.2) is 37.7 Å². The van der Waals surface area contributed by atoms with E-state index in [2.05, 4.69) is 29.3 Å². The van der Waals surface area contributed by atoms with Gasteiger partial charge in [0.15, 0.2) is 0 Å². The van der Waals surface area contributed by atoms with Crippen LogP contribution in [0, 0.1) is 17.8 Å². The molecule has 0 radical (unpaired) electrons. The van der Waals surface area contributed by atoms with E-state index in [1.807, 2.05) is 17.2 Å². The minimum atomic E-state index is 0.918. The van der Waals surface area contributed by atoms with E-state index in [9.17, 15) is 0 Å². The number of pyridine rings is 1. The number of quaternary nitrogens is 2. The second kappa shape index (κ2) is 5.90. The summed E-state index contributed by atoms with van der Waals surface area (Å²) in [6, 6.07) is 6.27. The van der Waals surface area contributed by atoms with Gasteiger partial charge in [-0.25, -0.2) is 0 Å². The molecule has 1 aromatic heterocycles. The molecule has 1 aromatic rings. The molecule has 2 aliphatic carbocycles. The van der Waals surface area contributed by atoms with E-state index < -0.39 is 0 Å². The fraction of sp³-hybridized carbons (Fsp3) is 0.611. The van der Waals surface area contributed by atoms with Crippen LogP contribution in [0.5, 0.6) is 0 Å². The van der Waals surface area contributed by atoms with Gasteiger partial charge in [0.1, 0.15) is 32.7 Å². The summed E-state index contributed by atoms with van der Waals surface area (Å²) in [5, 5.41) is 0. The Hall–Kier alpha value is -1.19. The average molecular weight is 285 g/mol. The Morgan fingerprint density at radius 1 is 1.00 bits per heavy atom. The largest absolute Gasteiger partial charge is 0.325 e. The zero-order chi connectivity index (χ0) is 14.1. The molecular weight excluding hydrogens is 258 g/mol. The lowest BCUT2D eigenvalue weighted by atomic mass is 9.93. The third-order valence-electron chi connectivity index (χ3n) is 5.79. The number of fused-ring (bicyclic) bond motifs is 2. The van der Waals surface area contributed by atoms with Crippen molar-refractivity contribution in [3.8, 4) is 0 Å². The van der Waals surface area contributed by atoms with E-state index in [1.165, 1.54) is 51.3 Å². The summed E-state index contributed by atoms with van der Waals surface area (Å²) >= 11 is 0. The van der Waals surface area contributed by atoms with Crippen molar-refractivity contribution in [2.24, 2.45) is 17.8 Å². The van der Waals surface area contributed by atoms with Crippen LogP contribution < -0.4 is 9.80 Å². The molecule has 3 nitrogen and oxygen atoms in total. The molecule has 112 valence electrons. The van der Waals surface area contributed by atoms with Gasteiger partial charge >= 0.3 is 0 Å². The van der Waals surface area contributed by atoms with Crippen LogP contribution in [0.3, 0.4) is 0 Å². The van der Waals surface area contributed by atoms with E-state index in [0.29, 0.717) is 0 Å². The number of hydrogen-bond donors (Lipinski definition) is 2. The van der Waals surface area contributed by atoms with Gasteiger partial charge in [-0.15, -0.1) is 0 Å². The van der Waals surface area contributed by atoms with Crippen LogP contribution in [0.2, 0.25) is 0 Å². The van der Waals surface area contributed by atoms with Crippen LogP contribution >= 0.6 is 0 Å². The molecule has 0 spiro atoms.